The zero-order valence-electron chi connectivity index (χ0n) is 11.0. The zero-order chi connectivity index (χ0) is 13.3. The topological polar surface area (TPSA) is 44.5 Å². The molecule has 1 heterocycles. The number of benzene rings is 1. The van der Waals surface area contributed by atoms with E-state index in [1.165, 1.54) is 19.3 Å². The van der Waals surface area contributed by atoms with Gasteiger partial charge in [-0.15, -0.1) is 0 Å². The molecule has 0 aromatic heterocycles. The molecule has 3 nitrogen and oxygen atoms in total. The van der Waals surface area contributed by atoms with Gasteiger partial charge in [0.15, 0.2) is 0 Å². The van der Waals surface area contributed by atoms with Crippen LogP contribution in [0.1, 0.15) is 37.7 Å². The Kier molecular flexibility index (Phi) is 3.83. The van der Waals surface area contributed by atoms with Crippen LogP contribution in [0.4, 0.5) is 0 Å². The number of nitrogens with two attached hydrogens (primary N) is 1. The SMILES string of the molecule is NCc1cc(Br)ccc1OC1CCOC2(CCC2)C1. The summed E-state index contributed by atoms with van der Waals surface area (Å²) >= 11 is 3.47. The highest BCUT2D eigenvalue weighted by Crippen LogP contribution is 2.43. The van der Waals surface area contributed by atoms with Gasteiger partial charge in [0.25, 0.3) is 0 Å². The molecular formula is C15H20BrNO2. The Hall–Kier alpha value is -0.580. The van der Waals surface area contributed by atoms with Gasteiger partial charge >= 0.3 is 0 Å². The van der Waals surface area contributed by atoms with Gasteiger partial charge in [0.05, 0.1) is 12.2 Å². The van der Waals surface area contributed by atoms with Crippen LogP contribution in [0.25, 0.3) is 0 Å². The third kappa shape index (κ3) is 2.81. The molecule has 1 unspecified atom stereocenters. The Labute approximate surface area is 122 Å². The third-order valence-electron chi connectivity index (χ3n) is 4.25. The van der Waals surface area contributed by atoms with Crippen molar-refractivity contribution in [2.75, 3.05) is 6.61 Å². The molecular weight excluding hydrogens is 306 g/mol. The molecule has 2 aliphatic rings. The van der Waals surface area contributed by atoms with Crippen molar-refractivity contribution < 1.29 is 9.47 Å². The molecule has 1 saturated carbocycles. The van der Waals surface area contributed by atoms with Crippen molar-refractivity contribution in [2.45, 2.75) is 50.4 Å². The van der Waals surface area contributed by atoms with Crippen molar-refractivity contribution in [3.8, 4) is 5.75 Å². The van der Waals surface area contributed by atoms with E-state index in [0.717, 1.165) is 35.2 Å². The van der Waals surface area contributed by atoms with Gasteiger partial charge in [0, 0.05) is 29.4 Å². The van der Waals surface area contributed by atoms with Gasteiger partial charge in [-0.2, -0.15) is 0 Å². The van der Waals surface area contributed by atoms with Crippen molar-refractivity contribution in [1.29, 1.82) is 0 Å². The molecule has 1 atom stereocenters. The Morgan fingerprint density at radius 3 is 2.95 bits per heavy atom. The fourth-order valence-electron chi connectivity index (χ4n) is 3.01. The first-order valence-corrected chi connectivity index (χ1v) is 7.79. The van der Waals surface area contributed by atoms with Crippen LogP contribution < -0.4 is 10.5 Å². The number of halogens is 1. The highest BCUT2D eigenvalue weighted by molar-refractivity contribution is 9.10. The Morgan fingerprint density at radius 1 is 1.42 bits per heavy atom. The maximum Gasteiger partial charge on any atom is 0.124 e. The van der Waals surface area contributed by atoms with E-state index in [1.807, 2.05) is 18.2 Å². The highest BCUT2D eigenvalue weighted by atomic mass is 79.9. The van der Waals surface area contributed by atoms with E-state index in [1.54, 1.807) is 0 Å². The number of hydrogen-bond acceptors (Lipinski definition) is 3. The lowest BCUT2D eigenvalue weighted by atomic mass is 9.74. The summed E-state index contributed by atoms with van der Waals surface area (Å²) in [4.78, 5) is 0. The number of ether oxygens (including phenoxy) is 2. The Bertz CT molecular complexity index is 459. The molecule has 1 aliphatic carbocycles. The van der Waals surface area contributed by atoms with E-state index < -0.39 is 0 Å². The summed E-state index contributed by atoms with van der Waals surface area (Å²) in [5, 5.41) is 0. The van der Waals surface area contributed by atoms with Crippen molar-refractivity contribution in [3.63, 3.8) is 0 Å². The van der Waals surface area contributed by atoms with Crippen LogP contribution in [0.5, 0.6) is 5.75 Å². The second kappa shape index (κ2) is 5.43. The van der Waals surface area contributed by atoms with E-state index >= 15 is 0 Å². The van der Waals surface area contributed by atoms with Crippen LogP contribution in [0, 0.1) is 0 Å². The number of rotatable bonds is 3. The van der Waals surface area contributed by atoms with Gasteiger partial charge in [0.1, 0.15) is 11.9 Å². The first kappa shape index (κ1) is 13.4. The van der Waals surface area contributed by atoms with Gasteiger partial charge in [-0.3, -0.25) is 0 Å². The van der Waals surface area contributed by atoms with E-state index in [0.29, 0.717) is 6.54 Å². The summed E-state index contributed by atoms with van der Waals surface area (Å²) in [6.45, 7) is 1.32. The van der Waals surface area contributed by atoms with Crippen molar-refractivity contribution in [3.05, 3.63) is 28.2 Å². The fourth-order valence-corrected chi connectivity index (χ4v) is 3.41. The van der Waals surface area contributed by atoms with Crippen LogP contribution in [-0.2, 0) is 11.3 Å². The van der Waals surface area contributed by atoms with Crippen molar-refractivity contribution >= 4 is 15.9 Å². The van der Waals surface area contributed by atoms with Crippen LogP contribution in [-0.4, -0.2) is 18.3 Å². The van der Waals surface area contributed by atoms with E-state index in [4.69, 9.17) is 15.2 Å². The number of hydrogen-bond donors (Lipinski definition) is 1. The average molecular weight is 326 g/mol. The van der Waals surface area contributed by atoms with Gasteiger partial charge < -0.3 is 15.2 Å². The molecule has 4 heteroatoms. The minimum absolute atomic E-state index is 0.126. The smallest absolute Gasteiger partial charge is 0.124 e. The van der Waals surface area contributed by atoms with Gasteiger partial charge in [0.2, 0.25) is 0 Å². The lowest BCUT2D eigenvalue weighted by molar-refractivity contribution is -0.153. The first-order valence-electron chi connectivity index (χ1n) is 7.00. The maximum absolute atomic E-state index is 6.18. The predicted octanol–water partition coefficient (Wildman–Crippen LogP) is 3.39. The Balaban J connectivity index is 1.70. The van der Waals surface area contributed by atoms with Crippen LogP contribution >= 0.6 is 15.9 Å². The summed E-state index contributed by atoms with van der Waals surface area (Å²) in [5.41, 5.74) is 6.97. The molecule has 0 radical (unpaired) electrons. The minimum atomic E-state index is 0.126. The van der Waals surface area contributed by atoms with Crippen LogP contribution in [0.3, 0.4) is 0 Å². The van der Waals surface area contributed by atoms with Gasteiger partial charge in [-0.1, -0.05) is 15.9 Å². The lowest BCUT2D eigenvalue weighted by Gasteiger charge is -2.47. The summed E-state index contributed by atoms with van der Waals surface area (Å²) in [7, 11) is 0. The van der Waals surface area contributed by atoms with Crippen LogP contribution in [0.2, 0.25) is 0 Å². The molecule has 1 saturated heterocycles. The third-order valence-corrected chi connectivity index (χ3v) is 4.74. The summed E-state index contributed by atoms with van der Waals surface area (Å²) in [6, 6.07) is 6.05. The molecule has 0 amide bonds. The molecule has 1 aromatic carbocycles. The van der Waals surface area contributed by atoms with Gasteiger partial charge in [-0.25, -0.2) is 0 Å². The molecule has 0 bridgehead atoms. The van der Waals surface area contributed by atoms with E-state index in [9.17, 15) is 0 Å². The second-order valence-corrected chi connectivity index (χ2v) is 6.49. The molecule has 1 spiro atoms. The zero-order valence-corrected chi connectivity index (χ0v) is 12.6. The first-order chi connectivity index (χ1) is 9.21. The summed E-state index contributed by atoms with van der Waals surface area (Å²) < 4.78 is 13.2. The average Bonchev–Trinajstić information content (AvgIpc) is 2.39. The minimum Gasteiger partial charge on any atom is -0.490 e. The largest absolute Gasteiger partial charge is 0.490 e. The Morgan fingerprint density at radius 2 is 2.26 bits per heavy atom. The lowest BCUT2D eigenvalue weighted by Crippen LogP contribution is -2.48. The maximum atomic E-state index is 6.18. The second-order valence-electron chi connectivity index (χ2n) is 5.57. The van der Waals surface area contributed by atoms with E-state index in [2.05, 4.69) is 15.9 Å². The summed E-state index contributed by atoms with van der Waals surface area (Å²) in [6.07, 6.45) is 5.93. The molecule has 3 rings (SSSR count). The van der Waals surface area contributed by atoms with E-state index in [-0.39, 0.29) is 11.7 Å². The molecule has 1 aromatic rings. The molecule has 2 fully saturated rings. The van der Waals surface area contributed by atoms with Crippen molar-refractivity contribution in [1.82, 2.24) is 0 Å². The predicted molar refractivity (Wildman–Crippen MR) is 78.2 cm³/mol. The molecule has 19 heavy (non-hydrogen) atoms. The van der Waals surface area contributed by atoms with Gasteiger partial charge in [-0.05, 0) is 37.5 Å². The normalized spacial score (nSPS) is 25.1. The van der Waals surface area contributed by atoms with Crippen molar-refractivity contribution in [2.24, 2.45) is 5.73 Å². The molecule has 1 aliphatic heterocycles. The van der Waals surface area contributed by atoms with Crippen LogP contribution in [0.15, 0.2) is 22.7 Å². The fraction of sp³-hybridized carbons (Fsp3) is 0.600. The molecule has 104 valence electrons. The standard InChI is InChI=1S/C15H20BrNO2/c16-12-2-3-14(11(8-12)10-17)19-13-4-7-18-15(9-13)5-1-6-15/h2-3,8,13H,1,4-7,9-10,17H2. The molecule has 2 N–H and O–H groups in total. The highest BCUT2D eigenvalue weighted by Gasteiger charge is 2.43. The monoisotopic (exact) mass is 325 g/mol. The summed E-state index contributed by atoms with van der Waals surface area (Å²) in [5.74, 6) is 0.923. The quantitative estimate of drug-likeness (QED) is 0.926.